The molecule has 3 rings (SSSR count). The highest BCUT2D eigenvalue weighted by molar-refractivity contribution is 7.99. The Bertz CT molecular complexity index is 692. The van der Waals surface area contributed by atoms with E-state index in [1.807, 2.05) is 30.9 Å². The van der Waals surface area contributed by atoms with Gasteiger partial charge in [0.15, 0.2) is 5.16 Å². The van der Waals surface area contributed by atoms with Crippen molar-refractivity contribution in [2.75, 3.05) is 11.5 Å². The molecular weight excluding hydrogens is 312 g/mol. The maximum atomic E-state index is 12.6. The summed E-state index contributed by atoms with van der Waals surface area (Å²) in [6.45, 7) is 4.29. The Morgan fingerprint density at radius 2 is 2.17 bits per heavy atom. The summed E-state index contributed by atoms with van der Waals surface area (Å²) >= 11 is 1.32. The molecule has 2 N–H and O–H groups in total. The number of nitrogen functional groups attached to an aromatic ring is 1. The molecule has 0 aliphatic heterocycles. The lowest BCUT2D eigenvalue weighted by Crippen LogP contribution is -2.33. The summed E-state index contributed by atoms with van der Waals surface area (Å²) < 4.78 is 5.59. The van der Waals surface area contributed by atoms with Gasteiger partial charge >= 0.3 is 0 Å². The van der Waals surface area contributed by atoms with Gasteiger partial charge in [-0.2, -0.15) is 0 Å². The van der Waals surface area contributed by atoms with Crippen molar-refractivity contribution >= 4 is 23.5 Å². The summed E-state index contributed by atoms with van der Waals surface area (Å²) in [5, 5.41) is 0.542. The molecule has 0 unspecified atom stereocenters. The van der Waals surface area contributed by atoms with Gasteiger partial charge in [-0.15, -0.1) is 0 Å². The number of rotatable bonds is 6. The molecule has 6 nitrogen and oxygen atoms in total. The second kappa shape index (κ2) is 6.62. The molecule has 1 aliphatic rings. The molecule has 2 heterocycles. The number of hydrogen-bond acceptors (Lipinski definition) is 6. The normalized spacial score (nSPS) is 14.0. The van der Waals surface area contributed by atoms with Crippen LogP contribution < -0.4 is 5.73 Å². The second-order valence-corrected chi connectivity index (χ2v) is 6.71. The zero-order valence-corrected chi connectivity index (χ0v) is 14.1. The number of furan rings is 1. The zero-order valence-electron chi connectivity index (χ0n) is 13.3. The van der Waals surface area contributed by atoms with Crippen LogP contribution >= 0.6 is 11.8 Å². The van der Waals surface area contributed by atoms with Crippen molar-refractivity contribution in [3.63, 3.8) is 0 Å². The first kappa shape index (κ1) is 15.9. The Kier molecular flexibility index (Phi) is 4.56. The van der Waals surface area contributed by atoms with E-state index in [1.165, 1.54) is 11.8 Å². The molecule has 1 saturated carbocycles. The smallest absolute Gasteiger partial charge is 0.233 e. The third-order valence-electron chi connectivity index (χ3n) is 3.61. The number of carbonyl (C=O) groups excluding carboxylic acids is 1. The largest absolute Gasteiger partial charge is 0.464 e. The van der Waals surface area contributed by atoms with Crippen molar-refractivity contribution in [2.45, 2.75) is 44.4 Å². The van der Waals surface area contributed by atoms with Crippen LogP contribution in [0.3, 0.4) is 0 Å². The van der Waals surface area contributed by atoms with Gasteiger partial charge in [0.1, 0.15) is 17.3 Å². The van der Waals surface area contributed by atoms with Gasteiger partial charge in [0.25, 0.3) is 0 Å². The van der Waals surface area contributed by atoms with Crippen LogP contribution in [-0.4, -0.2) is 32.6 Å². The highest BCUT2D eigenvalue weighted by Crippen LogP contribution is 2.30. The fourth-order valence-electron chi connectivity index (χ4n) is 2.38. The highest BCUT2D eigenvalue weighted by Gasteiger charge is 2.33. The lowest BCUT2D eigenvalue weighted by atomic mass is 10.3. The van der Waals surface area contributed by atoms with E-state index >= 15 is 0 Å². The first-order valence-corrected chi connectivity index (χ1v) is 8.58. The van der Waals surface area contributed by atoms with Gasteiger partial charge in [0.05, 0.1) is 12.3 Å². The molecule has 1 fully saturated rings. The van der Waals surface area contributed by atoms with Crippen LogP contribution in [0, 0.1) is 13.8 Å². The van der Waals surface area contributed by atoms with Crippen LogP contribution in [0.25, 0.3) is 0 Å². The van der Waals surface area contributed by atoms with Gasteiger partial charge in [-0.25, -0.2) is 9.97 Å². The first-order valence-electron chi connectivity index (χ1n) is 7.60. The minimum absolute atomic E-state index is 0.0789. The summed E-state index contributed by atoms with van der Waals surface area (Å²) in [7, 11) is 0. The van der Waals surface area contributed by atoms with Gasteiger partial charge in [-0.3, -0.25) is 4.79 Å². The number of nitrogens with zero attached hydrogens (tertiary/aromatic N) is 3. The minimum Gasteiger partial charge on any atom is -0.464 e. The summed E-state index contributed by atoms with van der Waals surface area (Å²) in [4.78, 5) is 22.9. The molecule has 0 aromatic carbocycles. The maximum absolute atomic E-state index is 12.6. The SMILES string of the molecule is Cc1cc(N)nc(SCC(=O)N(Cc2ccc(C)o2)C2CC2)n1. The fraction of sp³-hybridized carbons (Fsp3) is 0.438. The van der Waals surface area contributed by atoms with Gasteiger partial charge < -0.3 is 15.1 Å². The van der Waals surface area contributed by atoms with Crippen LogP contribution in [0.4, 0.5) is 5.82 Å². The molecule has 1 aliphatic carbocycles. The fourth-order valence-corrected chi connectivity index (χ4v) is 3.18. The van der Waals surface area contributed by atoms with Crippen molar-refractivity contribution < 1.29 is 9.21 Å². The second-order valence-electron chi connectivity index (χ2n) is 5.77. The van der Waals surface area contributed by atoms with E-state index in [1.54, 1.807) is 6.07 Å². The lowest BCUT2D eigenvalue weighted by Gasteiger charge is -2.21. The van der Waals surface area contributed by atoms with Gasteiger partial charge in [0.2, 0.25) is 5.91 Å². The van der Waals surface area contributed by atoms with Crippen LogP contribution in [-0.2, 0) is 11.3 Å². The van der Waals surface area contributed by atoms with Crippen LogP contribution in [0.5, 0.6) is 0 Å². The minimum atomic E-state index is 0.0789. The maximum Gasteiger partial charge on any atom is 0.233 e. The number of thioether (sulfide) groups is 1. The van der Waals surface area contributed by atoms with Gasteiger partial charge in [-0.1, -0.05) is 11.8 Å². The molecule has 0 saturated heterocycles. The van der Waals surface area contributed by atoms with Crippen molar-refractivity contribution in [1.29, 1.82) is 0 Å². The van der Waals surface area contributed by atoms with E-state index in [-0.39, 0.29) is 5.91 Å². The van der Waals surface area contributed by atoms with Crippen molar-refractivity contribution in [3.8, 4) is 0 Å². The Balaban J connectivity index is 1.62. The predicted octanol–water partition coefficient (Wildman–Crippen LogP) is 2.55. The summed E-state index contributed by atoms with van der Waals surface area (Å²) in [5.41, 5.74) is 6.52. The zero-order chi connectivity index (χ0) is 16.4. The van der Waals surface area contributed by atoms with Gasteiger partial charge in [-0.05, 0) is 38.8 Å². The topological polar surface area (TPSA) is 85.2 Å². The van der Waals surface area contributed by atoms with Crippen molar-refractivity contribution in [3.05, 3.63) is 35.4 Å². The Labute approximate surface area is 139 Å². The average Bonchev–Trinajstić information content (AvgIpc) is 3.24. The number of carbonyl (C=O) groups is 1. The molecule has 0 radical (unpaired) electrons. The summed E-state index contributed by atoms with van der Waals surface area (Å²) in [6.07, 6.45) is 2.12. The summed E-state index contributed by atoms with van der Waals surface area (Å²) in [5.74, 6) is 2.50. The molecular formula is C16H20N4O2S. The molecule has 2 aromatic rings. The Morgan fingerprint density at radius 3 is 2.78 bits per heavy atom. The van der Waals surface area contributed by atoms with Gasteiger partial charge in [0, 0.05) is 17.8 Å². The van der Waals surface area contributed by atoms with E-state index in [9.17, 15) is 4.79 Å². The average molecular weight is 332 g/mol. The Hall–Kier alpha value is -2.02. The number of amides is 1. The highest BCUT2D eigenvalue weighted by atomic mass is 32.2. The van der Waals surface area contributed by atoms with E-state index in [0.717, 1.165) is 30.1 Å². The summed E-state index contributed by atoms with van der Waals surface area (Å²) in [6, 6.07) is 5.89. The standard InChI is InChI=1S/C16H20N4O2S/c1-10-7-14(17)19-16(18-10)23-9-15(21)20(12-4-5-12)8-13-6-3-11(2)22-13/h3,6-7,12H,4-5,8-9H2,1-2H3,(H2,17,18,19). The molecule has 0 spiro atoms. The number of nitrogens with two attached hydrogens (primary N) is 1. The molecule has 0 bridgehead atoms. The number of aryl methyl sites for hydroxylation is 2. The van der Waals surface area contributed by atoms with E-state index in [0.29, 0.717) is 29.3 Å². The third-order valence-corrected chi connectivity index (χ3v) is 4.44. The van der Waals surface area contributed by atoms with E-state index in [4.69, 9.17) is 10.2 Å². The van der Waals surface area contributed by atoms with Crippen LogP contribution in [0.1, 0.15) is 30.1 Å². The molecule has 7 heteroatoms. The molecule has 1 amide bonds. The molecule has 0 atom stereocenters. The van der Waals surface area contributed by atoms with Crippen LogP contribution in [0.2, 0.25) is 0 Å². The predicted molar refractivity (Wildman–Crippen MR) is 88.9 cm³/mol. The first-order chi connectivity index (χ1) is 11.0. The number of aromatic nitrogens is 2. The lowest BCUT2D eigenvalue weighted by molar-refractivity contribution is -0.129. The molecule has 23 heavy (non-hydrogen) atoms. The van der Waals surface area contributed by atoms with Crippen LogP contribution in [0.15, 0.2) is 27.8 Å². The van der Waals surface area contributed by atoms with Crippen molar-refractivity contribution in [2.24, 2.45) is 0 Å². The van der Waals surface area contributed by atoms with E-state index in [2.05, 4.69) is 9.97 Å². The third kappa shape index (κ3) is 4.25. The molecule has 122 valence electrons. The van der Waals surface area contributed by atoms with Crippen molar-refractivity contribution in [1.82, 2.24) is 14.9 Å². The number of hydrogen-bond donors (Lipinski definition) is 1. The monoisotopic (exact) mass is 332 g/mol. The quantitative estimate of drug-likeness (QED) is 0.646. The number of anilines is 1. The molecule has 2 aromatic heterocycles. The van der Waals surface area contributed by atoms with E-state index < -0.39 is 0 Å². The Morgan fingerprint density at radius 1 is 1.39 bits per heavy atom.